The second-order valence-electron chi connectivity index (χ2n) is 4.22. The first-order chi connectivity index (χ1) is 6.18. The van der Waals surface area contributed by atoms with Crippen LogP contribution in [0.15, 0.2) is 0 Å². The molecule has 1 aliphatic heterocycles. The van der Waals surface area contributed by atoms with Crippen molar-refractivity contribution in [1.82, 2.24) is 0 Å². The van der Waals surface area contributed by atoms with Gasteiger partial charge in [-0.25, -0.2) is 0 Å². The normalized spacial score (nSPS) is 39.6. The molecule has 1 saturated heterocycles. The summed E-state index contributed by atoms with van der Waals surface area (Å²) in [6.07, 6.45) is 3.84. The van der Waals surface area contributed by atoms with E-state index in [1.165, 1.54) is 0 Å². The molecule has 1 aliphatic carbocycles. The third-order valence-corrected chi connectivity index (χ3v) is 3.16. The predicted molar refractivity (Wildman–Crippen MR) is 45.7 cm³/mol. The van der Waals surface area contributed by atoms with Gasteiger partial charge in [0.2, 0.25) is 0 Å². The van der Waals surface area contributed by atoms with Crippen LogP contribution in [0.4, 0.5) is 0 Å². The minimum Gasteiger partial charge on any atom is -0.393 e. The van der Waals surface area contributed by atoms with Crippen molar-refractivity contribution in [3.8, 4) is 0 Å². The van der Waals surface area contributed by atoms with Crippen LogP contribution >= 0.6 is 0 Å². The van der Waals surface area contributed by atoms with Crippen LogP contribution in [0.25, 0.3) is 0 Å². The lowest BCUT2D eigenvalue weighted by atomic mass is 9.88. The highest BCUT2D eigenvalue weighted by Crippen LogP contribution is 2.37. The Morgan fingerprint density at radius 1 is 1.15 bits per heavy atom. The molecule has 0 bridgehead atoms. The molecule has 0 radical (unpaired) electrons. The van der Waals surface area contributed by atoms with Gasteiger partial charge in [0.25, 0.3) is 0 Å². The van der Waals surface area contributed by atoms with Crippen molar-refractivity contribution in [2.75, 3.05) is 0 Å². The van der Waals surface area contributed by atoms with Crippen molar-refractivity contribution >= 4 is 11.9 Å². The maximum atomic E-state index is 11.3. The lowest BCUT2D eigenvalue weighted by Crippen LogP contribution is -2.17. The highest BCUT2D eigenvalue weighted by Gasteiger charge is 2.45. The maximum Gasteiger partial charge on any atom is 0.317 e. The van der Waals surface area contributed by atoms with E-state index < -0.39 is 0 Å². The first kappa shape index (κ1) is 8.73. The summed E-state index contributed by atoms with van der Waals surface area (Å²) in [7, 11) is 0. The zero-order chi connectivity index (χ0) is 9.42. The molecule has 0 N–H and O–H groups in total. The van der Waals surface area contributed by atoms with Crippen LogP contribution in [-0.4, -0.2) is 11.9 Å². The van der Waals surface area contributed by atoms with E-state index in [0.29, 0.717) is 5.92 Å². The fourth-order valence-electron chi connectivity index (χ4n) is 2.40. The van der Waals surface area contributed by atoms with Gasteiger partial charge in [-0.3, -0.25) is 9.59 Å². The van der Waals surface area contributed by atoms with E-state index in [-0.39, 0.29) is 23.8 Å². The van der Waals surface area contributed by atoms with Gasteiger partial charge in [0, 0.05) is 0 Å². The van der Waals surface area contributed by atoms with Gasteiger partial charge in [-0.05, 0) is 18.8 Å². The summed E-state index contributed by atoms with van der Waals surface area (Å²) in [5.41, 5.74) is 0. The molecule has 0 aromatic carbocycles. The SMILES string of the molecule is CC1CCCC2C(=O)OC(=O)C2C1. The largest absolute Gasteiger partial charge is 0.393 e. The number of rotatable bonds is 0. The molecule has 2 rings (SSSR count). The third kappa shape index (κ3) is 1.47. The summed E-state index contributed by atoms with van der Waals surface area (Å²) in [6.45, 7) is 2.14. The Bertz CT molecular complexity index is 247. The molecule has 0 spiro atoms. The van der Waals surface area contributed by atoms with Gasteiger partial charge in [-0.15, -0.1) is 0 Å². The van der Waals surface area contributed by atoms with Crippen molar-refractivity contribution in [2.24, 2.45) is 17.8 Å². The van der Waals surface area contributed by atoms with Gasteiger partial charge in [0.15, 0.2) is 0 Å². The van der Waals surface area contributed by atoms with E-state index in [0.717, 1.165) is 25.7 Å². The van der Waals surface area contributed by atoms with E-state index in [4.69, 9.17) is 0 Å². The Hall–Kier alpha value is -0.860. The van der Waals surface area contributed by atoms with E-state index in [1.807, 2.05) is 0 Å². The van der Waals surface area contributed by atoms with E-state index in [9.17, 15) is 9.59 Å². The standard InChI is InChI=1S/C10H14O3/c1-6-3-2-4-7-8(5-6)10(12)13-9(7)11/h6-8H,2-5H2,1H3. The van der Waals surface area contributed by atoms with Crippen molar-refractivity contribution in [3.05, 3.63) is 0 Å². The fraction of sp³-hybridized carbons (Fsp3) is 0.800. The Balaban J connectivity index is 2.18. The van der Waals surface area contributed by atoms with Crippen LogP contribution in [0.1, 0.15) is 32.6 Å². The number of hydrogen-bond donors (Lipinski definition) is 0. The number of carbonyl (C=O) groups is 2. The summed E-state index contributed by atoms with van der Waals surface area (Å²) in [5.74, 6) is -0.288. The van der Waals surface area contributed by atoms with E-state index in [2.05, 4.69) is 11.7 Å². The first-order valence-electron chi connectivity index (χ1n) is 4.94. The summed E-state index contributed by atoms with van der Waals surface area (Å²) < 4.78 is 4.63. The molecule has 3 nitrogen and oxygen atoms in total. The molecule has 3 heteroatoms. The smallest absolute Gasteiger partial charge is 0.317 e. The highest BCUT2D eigenvalue weighted by atomic mass is 16.6. The molecule has 13 heavy (non-hydrogen) atoms. The molecule has 0 amide bonds. The van der Waals surface area contributed by atoms with Crippen LogP contribution in [-0.2, 0) is 14.3 Å². The van der Waals surface area contributed by atoms with Gasteiger partial charge in [0.05, 0.1) is 11.8 Å². The molecular weight excluding hydrogens is 168 g/mol. The topological polar surface area (TPSA) is 43.4 Å². The van der Waals surface area contributed by atoms with Crippen LogP contribution in [0.2, 0.25) is 0 Å². The van der Waals surface area contributed by atoms with Crippen molar-refractivity contribution in [2.45, 2.75) is 32.6 Å². The van der Waals surface area contributed by atoms with Gasteiger partial charge in [-0.1, -0.05) is 19.8 Å². The molecule has 2 fully saturated rings. The zero-order valence-electron chi connectivity index (χ0n) is 7.79. The molecule has 72 valence electrons. The minimum atomic E-state index is -0.288. The summed E-state index contributed by atoms with van der Waals surface area (Å²) >= 11 is 0. The molecule has 3 unspecified atom stereocenters. The molecule has 0 aromatic rings. The van der Waals surface area contributed by atoms with Crippen molar-refractivity contribution < 1.29 is 14.3 Å². The Labute approximate surface area is 77.4 Å². The first-order valence-corrected chi connectivity index (χ1v) is 4.94. The zero-order valence-corrected chi connectivity index (χ0v) is 7.79. The molecule has 0 aromatic heterocycles. The number of cyclic esters (lactones) is 2. The number of carbonyl (C=O) groups excluding carboxylic acids is 2. The quantitative estimate of drug-likeness (QED) is 0.421. The predicted octanol–water partition coefficient (Wildman–Crippen LogP) is 1.51. The average Bonchev–Trinajstić information content (AvgIpc) is 2.28. The lowest BCUT2D eigenvalue weighted by molar-refractivity contribution is -0.154. The van der Waals surface area contributed by atoms with Crippen LogP contribution < -0.4 is 0 Å². The molecule has 2 aliphatic rings. The van der Waals surface area contributed by atoms with Gasteiger partial charge >= 0.3 is 11.9 Å². The Morgan fingerprint density at radius 3 is 2.62 bits per heavy atom. The third-order valence-electron chi connectivity index (χ3n) is 3.16. The summed E-state index contributed by atoms with van der Waals surface area (Å²) in [6, 6.07) is 0. The fourth-order valence-corrected chi connectivity index (χ4v) is 2.40. The number of esters is 2. The van der Waals surface area contributed by atoms with E-state index >= 15 is 0 Å². The Morgan fingerprint density at radius 2 is 1.85 bits per heavy atom. The van der Waals surface area contributed by atoms with Gasteiger partial charge in [0.1, 0.15) is 0 Å². The van der Waals surface area contributed by atoms with Crippen molar-refractivity contribution in [3.63, 3.8) is 0 Å². The van der Waals surface area contributed by atoms with Crippen LogP contribution in [0.5, 0.6) is 0 Å². The molecular formula is C10H14O3. The van der Waals surface area contributed by atoms with Crippen molar-refractivity contribution in [1.29, 1.82) is 0 Å². The highest BCUT2D eigenvalue weighted by molar-refractivity contribution is 5.96. The minimum absolute atomic E-state index is 0.127. The Kier molecular flexibility index (Phi) is 2.10. The molecule has 3 atom stereocenters. The maximum absolute atomic E-state index is 11.3. The monoisotopic (exact) mass is 182 g/mol. The molecule has 1 saturated carbocycles. The molecule has 1 heterocycles. The lowest BCUT2D eigenvalue weighted by Gasteiger charge is -2.10. The van der Waals surface area contributed by atoms with E-state index in [1.54, 1.807) is 0 Å². The second-order valence-corrected chi connectivity index (χ2v) is 4.22. The second kappa shape index (κ2) is 3.13. The summed E-state index contributed by atoms with van der Waals surface area (Å²) in [5, 5.41) is 0. The average molecular weight is 182 g/mol. The summed E-state index contributed by atoms with van der Waals surface area (Å²) in [4.78, 5) is 22.5. The number of hydrogen-bond acceptors (Lipinski definition) is 3. The number of fused-ring (bicyclic) bond motifs is 1. The van der Waals surface area contributed by atoms with Crippen LogP contribution in [0.3, 0.4) is 0 Å². The van der Waals surface area contributed by atoms with Crippen LogP contribution in [0, 0.1) is 17.8 Å². The van der Waals surface area contributed by atoms with Gasteiger partial charge in [-0.2, -0.15) is 0 Å². The number of ether oxygens (including phenoxy) is 1. The van der Waals surface area contributed by atoms with Gasteiger partial charge < -0.3 is 4.74 Å².